The van der Waals surface area contributed by atoms with E-state index < -0.39 is 0 Å². The Morgan fingerprint density at radius 2 is 1.96 bits per heavy atom. The third kappa shape index (κ3) is 4.51. The summed E-state index contributed by atoms with van der Waals surface area (Å²) in [5.74, 6) is 1.60. The molecule has 1 aromatic heterocycles. The Morgan fingerprint density at radius 1 is 1.19 bits per heavy atom. The van der Waals surface area contributed by atoms with Crippen LogP contribution in [0.3, 0.4) is 0 Å². The second-order valence-electron chi connectivity index (χ2n) is 7.10. The van der Waals surface area contributed by atoms with E-state index in [-0.39, 0.29) is 11.9 Å². The summed E-state index contributed by atoms with van der Waals surface area (Å²) in [7, 11) is 0. The second kappa shape index (κ2) is 8.42. The van der Waals surface area contributed by atoms with Gasteiger partial charge in [0.25, 0.3) is 0 Å². The van der Waals surface area contributed by atoms with E-state index in [0.717, 1.165) is 48.8 Å². The van der Waals surface area contributed by atoms with E-state index >= 15 is 0 Å². The summed E-state index contributed by atoms with van der Waals surface area (Å²) >= 11 is 5.94. The monoisotopic (exact) mass is 389 g/mol. The molecule has 144 valence electrons. The van der Waals surface area contributed by atoms with Crippen LogP contribution in [0.2, 0.25) is 5.02 Å². The number of benzene rings is 1. The van der Waals surface area contributed by atoms with Crippen LogP contribution in [0.25, 0.3) is 0 Å². The minimum atomic E-state index is -0.0579. The zero-order chi connectivity index (χ0) is 18.6. The molecule has 0 spiro atoms. The predicted octanol–water partition coefficient (Wildman–Crippen LogP) is 2.91. The number of amides is 1. The van der Waals surface area contributed by atoms with Crippen LogP contribution in [-0.2, 0) is 16.0 Å². The number of nitrogens with zero attached hydrogens (tertiary/aromatic N) is 3. The molecule has 27 heavy (non-hydrogen) atoms. The summed E-state index contributed by atoms with van der Waals surface area (Å²) < 4.78 is 11.4. The molecule has 0 radical (unpaired) electrons. The first-order valence-electron chi connectivity index (χ1n) is 9.47. The molecule has 4 rings (SSSR count). The molecule has 2 aliphatic heterocycles. The topological polar surface area (TPSA) is 58.8 Å². The number of halogens is 1. The number of rotatable bonds is 5. The van der Waals surface area contributed by atoms with Gasteiger partial charge in [-0.05, 0) is 30.5 Å². The molecular weight excluding hydrogens is 366 g/mol. The highest BCUT2D eigenvalue weighted by Crippen LogP contribution is 2.32. The first-order chi connectivity index (χ1) is 13.2. The summed E-state index contributed by atoms with van der Waals surface area (Å²) in [4.78, 5) is 21.3. The first-order valence-corrected chi connectivity index (χ1v) is 9.85. The Bertz CT molecular complexity index is 771. The number of oxazole rings is 1. The molecule has 2 aromatic rings. The van der Waals surface area contributed by atoms with Gasteiger partial charge >= 0.3 is 0 Å². The molecule has 1 aromatic carbocycles. The Morgan fingerprint density at radius 3 is 2.74 bits per heavy atom. The van der Waals surface area contributed by atoms with Crippen molar-refractivity contribution in [3.8, 4) is 0 Å². The van der Waals surface area contributed by atoms with Crippen LogP contribution >= 0.6 is 11.6 Å². The van der Waals surface area contributed by atoms with Crippen molar-refractivity contribution >= 4 is 17.5 Å². The van der Waals surface area contributed by atoms with Crippen LogP contribution in [0.1, 0.15) is 36.1 Å². The van der Waals surface area contributed by atoms with Gasteiger partial charge in [-0.25, -0.2) is 4.98 Å². The lowest BCUT2D eigenvalue weighted by Gasteiger charge is -2.29. The fourth-order valence-electron chi connectivity index (χ4n) is 3.73. The number of morpholine rings is 1. The van der Waals surface area contributed by atoms with Crippen molar-refractivity contribution in [2.45, 2.75) is 25.3 Å². The predicted molar refractivity (Wildman–Crippen MR) is 102 cm³/mol. The lowest BCUT2D eigenvalue weighted by molar-refractivity contribution is -0.134. The number of carbonyl (C=O) groups is 1. The maximum absolute atomic E-state index is 12.8. The molecule has 3 heterocycles. The highest BCUT2D eigenvalue weighted by Gasteiger charge is 2.34. The number of hydrogen-bond donors (Lipinski definition) is 0. The van der Waals surface area contributed by atoms with Crippen molar-refractivity contribution < 1.29 is 13.9 Å². The third-order valence-electron chi connectivity index (χ3n) is 5.18. The Hall–Kier alpha value is -1.89. The minimum absolute atomic E-state index is 0.0579. The lowest BCUT2D eigenvalue weighted by atomic mass is 10.1. The van der Waals surface area contributed by atoms with Crippen LogP contribution < -0.4 is 0 Å². The van der Waals surface area contributed by atoms with Crippen LogP contribution in [0.5, 0.6) is 0 Å². The average Bonchev–Trinajstić information content (AvgIpc) is 3.33. The summed E-state index contributed by atoms with van der Waals surface area (Å²) in [5.41, 5.74) is 1.12. The molecule has 7 heteroatoms. The van der Waals surface area contributed by atoms with Crippen LogP contribution in [0.15, 0.2) is 34.9 Å². The molecule has 0 N–H and O–H groups in total. The maximum Gasteiger partial charge on any atom is 0.237 e. The average molecular weight is 390 g/mol. The van der Waals surface area contributed by atoms with Gasteiger partial charge in [-0.2, -0.15) is 0 Å². The molecule has 2 fully saturated rings. The van der Waals surface area contributed by atoms with E-state index in [2.05, 4.69) is 9.88 Å². The molecule has 0 unspecified atom stereocenters. The molecule has 0 bridgehead atoms. The fourth-order valence-corrected chi connectivity index (χ4v) is 3.85. The molecule has 2 saturated heterocycles. The normalized spacial score (nSPS) is 20.9. The smallest absolute Gasteiger partial charge is 0.237 e. The van der Waals surface area contributed by atoms with Gasteiger partial charge in [0, 0.05) is 31.1 Å². The largest absolute Gasteiger partial charge is 0.443 e. The number of hydrogen-bond acceptors (Lipinski definition) is 5. The number of likely N-dealkylation sites (tertiary alicyclic amines) is 1. The van der Waals surface area contributed by atoms with E-state index in [1.807, 2.05) is 29.2 Å². The van der Waals surface area contributed by atoms with Crippen LogP contribution in [-0.4, -0.2) is 60.1 Å². The molecule has 2 aliphatic rings. The number of ether oxygens (including phenoxy) is 1. The number of aromatic nitrogens is 1. The van der Waals surface area contributed by atoms with Crippen molar-refractivity contribution in [2.75, 3.05) is 39.4 Å². The van der Waals surface area contributed by atoms with Gasteiger partial charge in [-0.3, -0.25) is 9.69 Å². The summed E-state index contributed by atoms with van der Waals surface area (Å²) in [6, 6.07) is 7.66. The van der Waals surface area contributed by atoms with Crippen molar-refractivity contribution in [3.63, 3.8) is 0 Å². The minimum Gasteiger partial charge on any atom is -0.443 e. The Kier molecular flexibility index (Phi) is 5.76. The Labute approximate surface area is 164 Å². The standard InChI is InChI=1S/C20H24ClN3O3/c21-16-5-3-15(4-6-16)12-17-13-22-20(27-17)18-2-1-7-24(18)19(25)14-23-8-10-26-11-9-23/h3-6,13,18H,1-2,7-12,14H2/t18-/m0/s1. The quantitative estimate of drug-likeness (QED) is 0.786. The highest BCUT2D eigenvalue weighted by atomic mass is 35.5. The van der Waals surface area contributed by atoms with E-state index in [1.54, 1.807) is 6.20 Å². The van der Waals surface area contributed by atoms with E-state index in [4.69, 9.17) is 20.8 Å². The van der Waals surface area contributed by atoms with Crippen molar-refractivity contribution in [3.05, 3.63) is 52.7 Å². The van der Waals surface area contributed by atoms with Gasteiger partial charge in [-0.1, -0.05) is 23.7 Å². The SMILES string of the molecule is O=C(CN1CCOCC1)N1CCC[C@H]1c1ncc(Cc2ccc(Cl)cc2)o1. The zero-order valence-corrected chi connectivity index (χ0v) is 16.0. The van der Waals surface area contributed by atoms with Crippen LogP contribution in [0.4, 0.5) is 0 Å². The van der Waals surface area contributed by atoms with E-state index in [0.29, 0.717) is 32.1 Å². The zero-order valence-electron chi connectivity index (χ0n) is 15.3. The Balaban J connectivity index is 1.40. The van der Waals surface area contributed by atoms with Gasteiger partial charge in [0.1, 0.15) is 11.8 Å². The lowest BCUT2D eigenvalue weighted by Crippen LogP contribution is -2.44. The molecule has 0 saturated carbocycles. The molecule has 1 atom stereocenters. The van der Waals surface area contributed by atoms with Gasteiger partial charge in [-0.15, -0.1) is 0 Å². The van der Waals surface area contributed by atoms with Crippen LogP contribution in [0, 0.1) is 0 Å². The first kappa shape index (κ1) is 18.5. The van der Waals surface area contributed by atoms with Crippen molar-refractivity contribution in [1.82, 2.24) is 14.8 Å². The molecule has 0 aliphatic carbocycles. The summed E-state index contributed by atoms with van der Waals surface area (Å²) in [5, 5.41) is 0.720. The number of carbonyl (C=O) groups excluding carboxylic acids is 1. The highest BCUT2D eigenvalue weighted by molar-refractivity contribution is 6.30. The molecule has 1 amide bonds. The maximum atomic E-state index is 12.8. The molecule has 6 nitrogen and oxygen atoms in total. The summed E-state index contributed by atoms with van der Waals surface area (Å²) in [6.07, 6.45) is 4.32. The third-order valence-corrected chi connectivity index (χ3v) is 5.44. The second-order valence-corrected chi connectivity index (χ2v) is 7.54. The van der Waals surface area contributed by atoms with Crippen molar-refractivity contribution in [2.24, 2.45) is 0 Å². The summed E-state index contributed by atoms with van der Waals surface area (Å²) in [6.45, 7) is 4.24. The molecular formula is C20H24ClN3O3. The van der Waals surface area contributed by atoms with Gasteiger partial charge in [0.2, 0.25) is 11.8 Å². The van der Waals surface area contributed by atoms with Gasteiger partial charge < -0.3 is 14.1 Å². The fraction of sp³-hybridized carbons (Fsp3) is 0.500. The van der Waals surface area contributed by atoms with Gasteiger partial charge in [0.15, 0.2) is 0 Å². The van der Waals surface area contributed by atoms with E-state index in [1.165, 1.54) is 0 Å². The van der Waals surface area contributed by atoms with E-state index in [9.17, 15) is 4.79 Å². The van der Waals surface area contributed by atoms with Crippen molar-refractivity contribution in [1.29, 1.82) is 0 Å². The van der Waals surface area contributed by atoms with Gasteiger partial charge in [0.05, 0.1) is 26.0 Å².